The van der Waals surface area contributed by atoms with Crippen molar-refractivity contribution in [2.45, 2.75) is 71.4 Å². The van der Waals surface area contributed by atoms with Crippen LogP contribution in [0, 0.1) is 5.41 Å². The Morgan fingerprint density at radius 3 is 2.32 bits per heavy atom. The van der Waals surface area contributed by atoms with E-state index in [-0.39, 0.29) is 23.3 Å². The molecule has 2 amide bonds. The van der Waals surface area contributed by atoms with Crippen LogP contribution in [-0.2, 0) is 9.59 Å². The highest BCUT2D eigenvalue weighted by molar-refractivity contribution is 5.94. The third kappa shape index (κ3) is 2.63. The largest absolute Gasteiger partial charge is 0.342 e. The average molecular weight is 266 g/mol. The Labute approximate surface area is 115 Å². The molecule has 1 spiro atoms. The zero-order valence-electron chi connectivity index (χ0n) is 12.6. The lowest BCUT2D eigenvalue weighted by Gasteiger charge is -2.40. The summed E-state index contributed by atoms with van der Waals surface area (Å²) in [4.78, 5) is 26.8. The van der Waals surface area contributed by atoms with Crippen LogP contribution in [0.1, 0.15) is 59.8 Å². The van der Waals surface area contributed by atoms with Crippen molar-refractivity contribution in [3.05, 3.63) is 0 Å². The van der Waals surface area contributed by atoms with E-state index >= 15 is 0 Å². The van der Waals surface area contributed by atoms with Crippen LogP contribution in [0.15, 0.2) is 0 Å². The number of amides is 2. The van der Waals surface area contributed by atoms with Gasteiger partial charge in [0.2, 0.25) is 11.8 Å². The van der Waals surface area contributed by atoms with Crippen LogP contribution in [0.3, 0.4) is 0 Å². The maximum Gasteiger partial charge on any atom is 0.248 e. The van der Waals surface area contributed by atoms with Crippen LogP contribution in [0.2, 0.25) is 0 Å². The zero-order chi connectivity index (χ0) is 14.3. The SMILES string of the molecule is CC(N1CCC(=O)NC2(CCCC2)C1=O)C(C)(C)C. The lowest BCUT2D eigenvalue weighted by molar-refractivity contribution is -0.142. The number of nitrogens with one attached hydrogen (secondary N) is 1. The van der Waals surface area contributed by atoms with Gasteiger partial charge in [0.05, 0.1) is 0 Å². The summed E-state index contributed by atoms with van der Waals surface area (Å²) in [6.07, 6.45) is 4.08. The second-order valence-electron chi connectivity index (χ2n) is 7.13. The summed E-state index contributed by atoms with van der Waals surface area (Å²) in [5.41, 5.74) is -0.573. The maximum atomic E-state index is 12.9. The lowest BCUT2D eigenvalue weighted by atomic mass is 9.85. The minimum atomic E-state index is -0.604. The third-order valence-corrected chi connectivity index (χ3v) is 4.81. The molecule has 2 aliphatic rings. The Hall–Kier alpha value is -1.06. The smallest absolute Gasteiger partial charge is 0.248 e. The van der Waals surface area contributed by atoms with Gasteiger partial charge in [-0.1, -0.05) is 33.6 Å². The summed E-state index contributed by atoms with van der Waals surface area (Å²) >= 11 is 0. The van der Waals surface area contributed by atoms with Crippen molar-refractivity contribution >= 4 is 11.8 Å². The minimum Gasteiger partial charge on any atom is -0.342 e. The minimum absolute atomic E-state index is 0.0267. The van der Waals surface area contributed by atoms with E-state index in [1.165, 1.54) is 0 Å². The summed E-state index contributed by atoms with van der Waals surface area (Å²) in [5, 5.41) is 3.01. The number of rotatable bonds is 1. The van der Waals surface area contributed by atoms with Gasteiger partial charge in [0, 0.05) is 19.0 Å². The summed E-state index contributed by atoms with van der Waals surface area (Å²) in [6, 6.07) is 0.144. The van der Waals surface area contributed by atoms with Gasteiger partial charge in [0.15, 0.2) is 0 Å². The second-order valence-corrected chi connectivity index (χ2v) is 7.13. The molecule has 0 bridgehead atoms. The van der Waals surface area contributed by atoms with Crippen molar-refractivity contribution in [2.75, 3.05) is 6.54 Å². The number of carbonyl (C=O) groups excluding carboxylic acids is 2. The van der Waals surface area contributed by atoms with Gasteiger partial charge in [0.1, 0.15) is 5.54 Å². The number of nitrogens with zero attached hydrogens (tertiary/aromatic N) is 1. The third-order valence-electron chi connectivity index (χ3n) is 4.81. The Morgan fingerprint density at radius 1 is 1.21 bits per heavy atom. The molecule has 1 saturated carbocycles. The van der Waals surface area contributed by atoms with Crippen LogP contribution < -0.4 is 5.32 Å². The van der Waals surface area contributed by atoms with Crippen molar-refractivity contribution in [2.24, 2.45) is 5.41 Å². The Morgan fingerprint density at radius 2 is 1.79 bits per heavy atom. The molecule has 4 nitrogen and oxygen atoms in total. The molecule has 19 heavy (non-hydrogen) atoms. The van der Waals surface area contributed by atoms with E-state index in [0.717, 1.165) is 25.7 Å². The van der Waals surface area contributed by atoms with E-state index in [9.17, 15) is 9.59 Å². The first-order valence-electron chi connectivity index (χ1n) is 7.38. The molecule has 108 valence electrons. The van der Waals surface area contributed by atoms with Crippen molar-refractivity contribution < 1.29 is 9.59 Å². The fourth-order valence-electron chi connectivity index (χ4n) is 3.14. The van der Waals surface area contributed by atoms with Crippen molar-refractivity contribution in [1.29, 1.82) is 0 Å². The first-order valence-corrected chi connectivity index (χ1v) is 7.38. The van der Waals surface area contributed by atoms with Crippen LogP contribution in [-0.4, -0.2) is 34.8 Å². The fourth-order valence-corrected chi connectivity index (χ4v) is 3.14. The predicted molar refractivity (Wildman–Crippen MR) is 74.6 cm³/mol. The lowest BCUT2D eigenvalue weighted by Crippen LogP contribution is -2.58. The average Bonchev–Trinajstić information content (AvgIpc) is 2.72. The summed E-state index contributed by atoms with van der Waals surface area (Å²) < 4.78 is 0. The molecule has 4 heteroatoms. The van der Waals surface area contributed by atoms with Crippen LogP contribution >= 0.6 is 0 Å². The molecule has 1 atom stereocenters. The molecule has 1 unspecified atom stereocenters. The van der Waals surface area contributed by atoms with Crippen LogP contribution in [0.4, 0.5) is 0 Å². The van der Waals surface area contributed by atoms with Gasteiger partial charge < -0.3 is 10.2 Å². The zero-order valence-corrected chi connectivity index (χ0v) is 12.6. The Balaban J connectivity index is 2.29. The molecule has 0 aromatic heterocycles. The van der Waals surface area contributed by atoms with E-state index in [1.54, 1.807) is 0 Å². The molecule has 2 rings (SSSR count). The maximum absolute atomic E-state index is 12.9. The molecule has 1 heterocycles. The molecule has 0 aromatic carbocycles. The highest BCUT2D eigenvalue weighted by Crippen LogP contribution is 2.35. The van der Waals surface area contributed by atoms with E-state index < -0.39 is 5.54 Å². The van der Waals surface area contributed by atoms with Gasteiger partial charge in [0.25, 0.3) is 0 Å². The molecular formula is C15H26N2O2. The van der Waals surface area contributed by atoms with Gasteiger partial charge in [-0.15, -0.1) is 0 Å². The van der Waals surface area contributed by atoms with E-state index in [2.05, 4.69) is 33.0 Å². The van der Waals surface area contributed by atoms with E-state index in [0.29, 0.717) is 13.0 Å². The molecule has 1 aliphatic carbocycles. The molecule has 1 saturated heterocycles. The molecule has 0 radical (unpaired) electrons. The highest BCUT2D eigenvalue weighted by Gasteiger charge is 2.48. The van der Waals surface area contributed by atoms with Crippen LogP contribution in [0.25, 0.3) is 0 Å². The van der Waals surface area contributed by atoms with Gasteiger partial charge in [-0.3, -0.25) is 9.59 Å². The number of carbonyl (C=O) groups is 2. The number of hydrogen-bond donors (Lipinski definition) is 1. The molecule has 1 N–H and O–H groups in total. The van der Waals surface area contributed by atoms with Gasteiger partial charge in [-0.25, -0.2) is 0 Å². The summed E-state index contributed by atoms with van der Waals surface area (Å²) in [7, 11) is 0. The summed E-state index contributed by atoms with van der Waals surface area (Å²) in [6.45, 7) is 9.08. The quantitative estimate of drug-likeness (QED) is 0.790. The van der Waals surface area contributed by atoms with Gasteiger partial charge >= 0.3 is 0 Å². The molecule has 1 aliphatic heterocycles. The van der Waals surface area contributed by atoms with E-state index in [1.807, 2.05) is 4.90 Å². The van der Waals surface area contributed by atoms with Crippen molar-refractivity contribution in [3.63, 3.8) is 0 Å². The Bertz CT molecular complexity index is 378. The first kappa shape index (κ1) is 14.4. The second kappa shape index (κ2) is 4.80. The van der Waals surface area contributed by atoms with Crippen LogP contribution in [0.5, 0.6) is 0 Å². The normalized spacial score (nSPS) is 25.4. The monoisotopic (exact) mass is 266 g/mol. The summed E-state index contributed by atoms with van der Waals surface area (Å²) in [5.74, 6) is 0.164. The van der Waals surface area contributed by atoms with Gasteiger partial charge in [-0.05, 0) is 25.2 Å². The Kier molecular flexibility index (Phi) is 3.63. The number of hydrogen-bond acceptors (Lipinski definition) is 2. The van der Waals surface area contributed by atoms with Crippen molar-refractivity contribution in [1.82, 2.24) is 10.2 Å². The standard InChI is InChI=1S/C15H26N2O2/c1-11(14(2,3)4)17-10-7-12(18)16-15(13(17)19)8-5-6-9-15/h11H,5-10H2,1-4H3,(H,16,18). The highest BCUT2D eigenvalue weighted by atomic mass is 16.2. The first-order chi connectivity index (χ1) is 8.76. The molecular weight excluding hydrogens is 240 g/mol. The van der Waals surface area contributed by atoms with E-state index in [4.69, 9.17) is 0 Å². The predicted octanol–water partition coefficient (Wildman–Crippen LogP) is 2.08. The fraction of sp³-hybridized carbons (Fsp3) is 0.867. The van der Waals surface area contributed by atoms with Gasteiger partial charge in [-0.2, -0.15) is 0 Å². The van der Waals surface area contributed by atoms with Crippen molar-refractivity contribution in [3.8, 4) is 0 Å². The topological polar surface area (TPSA) is 49.4 Å². The molecule has 2 fully saturated rings. The molecule has 0 aromatic rings.